The van der Waals surface area contributed by atoms with E-state index in [2.05, 4.69) is 19.2 Å². The van der Waals surface area contributed by atoms with Crippen molar-refractivity contribution in [3.8, 4) is 0 Å². The fraction of sp³-hybridized carbons (Fsp3) is 0.917. The number of hydrogen-bond donors (Lipinski definition) is 1. The van der Waals surface area contributed by atoms with Crippen molar-refractivity contribution in [3.63, 3.8) is 0 Å². The zero-order chi connectivity index (χ0) is 11.3. The number of piperidine rings is 1. The van der Waals surface area contributed by atoms with E-state index < -0.39 is 0 Å². The molecule has 3 nitrogen and oxygen atoms in total. The molecular formula is C12H24N2O. The molecule has 0 aliphatic carbocycles. The standard InChI is InChI=1S/C12H24N2O/c1-4-12(5-2)6-8-14(9-7-12)11(15)10-13-3/h13H,4-10H2,1-3H3. The highest BCUT2D eigenvalue weighted by Gasteiger charge is 2.32. The summed E-state index contributed by atoms with van der Waals surface area (Å²) in [6, 6.07) is 0. The summed E-state index contributed by atoms with van der Waals surface area (Å²) in [6.45, 7) is 6.92. The van der Waals surface area contributed by atoms with E-state index in [0.29, 0.717) is 12.0 Å². The minimum atomic E-state index is 0.248. The van der Waals surface area contributed by atoms with E-state index in [9.17, 15) is 4.79 Å². The van der Waals surface area contributed by atoms with Gasteiger partial charge in [0, 0.05) is 13.1 Å². The molecule has 0 radical (unpaired) electrons. The Morgan fingerprint density at radius 3 is 2.20 bits per heavy atom. The molecule has 0 aromatic rings. The molecule has 1 N–H and O–H groups in total. The highest BCUT2D eigenvalue weighted by molar-refractivity contribution is 5.78. The maximum absolute atomic E-state index is 11.6. The Morgan fingerprint density at radius 2 is 1.80 bits per heavy atom. The molecule has 1 saturated heterocycles. The fourth-order valence-corrected chi connectivity index (χ4v) is 2.45. The summed E-state index contributed by atoms with van der Waals surface area (Å²) >= 11 is 0. The van der Waals surface area contributed by atoms with Crippen molar-refractivity contribution in [3.05, 3.63) is 0 Å². The molecule has 1 fully saturated rings. The average molecular weight is 212 g/mol. The van der Waals surface area contributed by atoms with Crippen LogP contribution in [0.1, 0.15) is 39.5 Å². The fourth-order valence-electron chi connectivity index (χ4n) is 2.45. The summed E-state index contributed by atoms with van der Waals surface area (Å²) in [4.78, 5) is 13.6. The second-order valence-electron chi connectivity index (χ2n) is 4.62. The van der Waals surface area contributed by atoms with E-state index in [1.165, 1.54) is 25.7 Å². The van der Waals surface area contributed by atoms with Crippen molar-refractivity contribution in [2.24, 2.45) is 5.41 Å². The molecule has 1 rings (SSSR count). The summed E-state index contributed by atoms with van der Waals surface area (Å²) < 4.78 is 0. The summed E-state index contributed by atoms with van der Waals surface area (Å²) in [6.07, 6.45) is 4.85. The lowest BCUT2D eigenvalue weighted by Gasteiger charge is -2.41. The topological polar surface area (TPSA) is 32.3 Å². The molecule has 15 heavy (non-hydrogen) atoms. The van der Waals surface area contributed by atoms with Crippen molar-refractivity contribution in [1.82, 2.24) is 10.2 Å². The van der Waals surface area contributed by atoms with Gasteiger partial charge in [0.2, 0.25) is 5.91 Å². The first-order chi connectivity index (χ1) is 7.17. The van der Waals surface area contributed by atoms with Crippen LogP contribution in [0.2, 0.25) is 0 Å². The molecule has 0 aromatic carbocycles. The van der Waals surface area contributed by atoms with E-state index in [-0.39, 0.29) is 5.91 Å². The SMILES string of the molecule is CCC1(CC)CCN(C(=O)CNC)CC1. The molecule has 0 aromatic heterocycles. The summed E-state index contributed by atoms with van der Waals surface area (Å²) in [7, 11) is 1.82. The van der Waals surface area contributed by atoms with E-state index in [1.54, 1.807) is 0 Å². The van der Waals surface area contributed by atoms with E-state index in [0.717, 1.165) is 13.1 Å². The third-order valence-electron chi connectivity index (χ3n) is 4.00. The van der Waals surface area contributed by atoms with Crippen molar-refractivity contribution in [2.75, 3.05) is 26.7 Å². The number of nitrogens with one attached hydrogen (secondary N) is 1. The molecule has 1 aliphatic heterocycles. The molecule has 1 amide bonds. The molecular weight excluding hydrogens is 188 g/mol. The van der Waals surface area contributed by atoms with Crippen LogP contribution in [0.5, 0.6) is 0 Å². The van der Waals surface area contributed by atoms with Gasteiger partial charge in [-0.15, -0.1) is 0 Å². The Labute approximate surface area is 93.2 Å². The lowest BCUT2D eigenvalue weighted by Crippen LogP contribution is -2.45. The molecule has 3 heteroatoms. The number of carbonyl (C=O) groups is 1. The van der Waals surface area contributed by atoms with Crippen LogP contribution in [-0.4, -0.2) is 37.5 Å². The van der Waals surface area contributed by atoms with Crippen LogP contribution < -0.4 is 5.32 Å². The van der Waals surface area contributed by atoms with Crippen LogP contribution in [0.4, 0.5) is 0 Å². The van der Waals surface area contributed by atoms with Crippen LogP contribution >= 0.6 is 0 Å². The summed E-state index contributed by atoms with van der Waals surface area (Å²) in [5, 5.41) is 2.92. The first-order valence-electron chi connectivity index (χ1n) is 6.10. The Kier molecular flexibility index (Phi) is 4.58. The molecule has 0 atom stereocenters. The maximum Gasteiger partial charge on any atom is 0.236 e. The molecule has 0 unspecified atom stereocenters. The van der Waals surface area contributed by atoms with Gasteiger partial charge in [-0.1, -0.05) is 26.7 Å². The van der Waals surface area contributed by atoms with Crippen LogP contribution in [0, 0.1) is 5.41 Å². The number of amides is 1. The van der Waals surface area contributed by atoms with Gasteiger partial charge in [0.25, 0.3) is 0 Å². The lowest BCUT2D eigenvalue weighted by molar-refractivity contribution is -0.132. The number of carbonyl (C=O) groups excluding carboxylic acids is 1. The van der Waals surface area contributed by atoms with Gasteiger partial charge in [-0.25, -0.2) is 0 Å². The van der Waals surface area contributed by atoms with Gasteiger partial charge in [0.05, 0.1) is 6.54 Å². The van der Waals surface area contributed by atoms with E-state index in [4.69, 9.17) is 0 Å². The second-order valence-corrected chi connectivity index (χ2v) is 4.62. The first kappa shape index (κ1) is 12.5. The Morgan fingerprint density at radius 1 is 1.27 bits per heavy atom. The maximum atomic E-state index is 11.6. The van der Waals surface area contributed by atoms with Crippen LogP contribution in [0.15, 0.2) is 0 Å². The first-order valence-corrected chi connectivity index (χ1v) is 6.10. The van der Waals surface area contributed by atoms with E-state index in [1.807, 2.05) is 11.9 Å². The zero-order valence-electron chi connectivity index (χ0n) is 10.3. The minimum absolute atomic E-state index is 0.248. The van der Waals surface area contributed by atoms with Crippen LogP contribution in [-0.2, 0) is 4.79 Å². The van der Waals surface area contributed by atoms with Gasteiger partial charge in [-0.05, 0) is 25.3 Å². The number of rotatable bonds is 4. The number of hydrogen-bond acceptors (Lipinski definition) is 2. The smallest absolute Gasteiger partial charge is 0.236 e. The highest BCUT2D eigenvalue weighted by Crippen LogP contribution is 2.37. The lowest BCUT2D eigenvalue weighted by atomic mass is 9.74. The number of likely N-dealkylation sites (N-methyl/N-ethyl adjacent to an activating group) is 1. The van der Waals surface area contributed by atoms with Gasteiger partial charge in [-0.2, -0.15) is 0 Å². The molecule has 0 bridgehead atoms. The minimum Gasteiger partial charge on any atom is -0.342 e. The summed E-state index contributed by atoms with van der Waals surface area (Å²) in [5.74, 6) is 0.248. The quantitative estimate of drug-likeness (QED) is 0.768. The Balaban J connectivity index is 2.44. The molecule has 1 aliphatic rings. The number of nitrogens with zero attached hydrogens (tertiary/aromatic N) is 1. The van der Waals surface area contributed by atoms with E-state index >= 15 is 0 Å². The predicted octanol–water partition coefficient (Wildman–Crippen LogP) is 1.63. The molecule has 88 valence electrons. The molecule has 0 saturated carbocycles. The van der Waals surface area contributed by atoms with Crippen molar-refractivity contribution >= 4 is 5.91 Å². The summed E-state index contributed by atoms with van der Waals surface area (Å²) in [5.41, 5.74) is 0.510. The van der Waals surface area contributed by atoms with Gasteiger partial charge >= 0.3 is 0 Å². The third-order valence-corrected chi connectivity index (χ3v) is 4.00. The Bertz CT molecular complexity index is 202. The van der Waals surface area contributed by atoms with Crippen LogP contribution in [0.3, 0.4) is 0 Å². The van der Waals surface area contributed by atoms with Gasteiger partial charge in [-0.3, -0.25) is 4.79 Å². The predicted molar refractivity (Wildman–Crippen MR) is 62.8 cm³/mol. The normalized spacial score (nSPS) is 20.3. The van der Waals surface area contributed by atoms with Gasteiger partial charge in [0.15, 0.2) is 0 Å². The monoisotopic (exact) mass is 212 g/mol. The Hall–Kier alpha value is -0.570. The van der Waals surface area contributed by atoms with Crippen molar-refractivity contribution < 1.29 is 4.79 Å². The number of likely N-dealkylation sites (tertiary alicyclic amines) is 1. The van der Waals surface area contributed by atoms with Gasteiger partial charge < -0.3 is 10.2 Å². The second kappa shape index (κ2) is 5.50. The molecule has 1 heterocycles. The highest BCUT2D eigenvalue weighted by atomic mass is 16.2. The van der Waals surface area contributed by atoms with Crippen LogP contribution in [0.25, 0.3) is 0 Å². The van der Waals surface area contributed by atoms with Crippen molar-refractivity contribution in [1.29, 1.82) is 0 Å². The third kappa shape index (κ3) is 2.94. The van der Waals surface area contributed by atoms with Gasteiger partial charge in [0.1, 0.15) is 0 Å². The largest absolute Gasteiger partial charge is 0.342 e. The molecule has 0 spiro atoms. The zero-order valence-corrected chi connectivity index (χ0v) is 10.3. The average Bonchev–Trinajstić information content (AvgIpc) is 2.29. The van der Waals surface area contributed by atoms with Crippen molar-refractivity contribution in [2.45, 2.75) is 39.5 Å².